The van der Waals surface area contributed by atoms with Crippen LogP contribution in [-0.4, -0.2) is 46.1 Å². The summed E-state index contributed by atoms with van der Waals surface area (Å²) in [6.07, 6.45) is 0. The quantitative estimate of drug-likeness (QED) is 0.592. The van der Waals surface area contributed by atoms with Crippen molar-refractivity contribution >= 4 is 17.5 Å². The molecule has 0 heterocycles. The average molecular weight is 266 g/mol. The van der Waals surface area contributed by atoms with Crippen molar-refractivity contribution in [3.63, 3.8) is 0 Å². The van der Waals surface area contributed by atoms with E-state index in [1.807, 2.05) is 14.1 Å². The van der Waals surface area contributed by atoms with E-state index in [9.17, 15) is 9.59 Å². The lowest BCUT2D eigenvalue weighted by molar-refractivity contribution is -0.856. The molecular formula is C13H20N3O3+. The van der Waals surface area contributed by atoms with Gasteiger partial charge in [0.1, 0.15) is 5.75 Å². The molecule has 1 aromatic rings. The van der Waals surface area contributed by atoms with Gasteiger partial charge in [-0.2, -0.15) is 0 Å². The maximum absolute atomic E-state index is 11.7. The van der Waals surface area contributed by atoms with E-state index in [1.54, 1.807) is 24.3 Å². The van der Waals surface area contributed by atoms with Gasteiger partial charge in [-0.1, -0.05) is 12.1 Å². The highest BCUT2D eigenvalue weighted by atomic mass is 16.5. The predicted octanol–water partition coefficient (Wildman–Crippen LogP) is -1.11. The van der Waals surface area contributed by atoms with Gasteiger partial charge in [-0.15, -0.1) is 0 Å². The first-order valence-corrected chi connectivity index (χ1v) is 6.06. The van der Waals surface area contributed by atoms with Gasteiger partial charge in [-0.3, -0.25) is 9.59 Å². The molecule has 6 heteroatoms. The van der Waals surface area contributed by atoms with Crippen LogP contribution in [0.3, 0.4) is 0 Å². The largest absolute Gasteiger partial charge is 0.495 e. The highest BCUT2D eigenvalue weighted by molar-refractivity contribution is 6.39. The van der Waals surface area contributed by atoms with Crippen LogP contribution in [0.5, 0.6) is 5.75 Å². The Balaban J connectivity index is 2.52. The van der Waals surface area contributed by atoms with Crippen molar-refractivity contribution in [2.24, 2.45) is 0 Å². The minimum absolute atomic E-state index is 0.459. The summed E-state index contributed by atoms with van der Waals surface area (Å²) in [6, 6.07) is 6.93. The van der Waals surface area contributed by atoms with Crippen LogP contribution >= 0.6 is 0 Å². The number of carbonyl (C=O) groups excluding carboxylic acids is 2. The Bertz CT molecular complexity index is 447. The SMILES string of the molecule is COc1ccccc1NC(=O)C(=O)NCC[NH+](C)C. The third-order valence-electron chi connectivity index (χ3n) is 2.47. The topological polar surface area (TPSA) is 71.9 Å². The van der Waals surface area contributed by atoms with Gasteiger partial charge >= 0.3 is 11.8 Å². The Labute approximate surface area is 112 Å². The lowest BCUT2D eigenvalue weighted by atomic mass is 10.3. The molecule has 104 valence electrons. The van der Waals surface area contributed by atoms with Gasteiger partial charge in [0.15, 0.2) is 0 Å². The molecule has 0 aliphatic heterocycles. The number of anilines is 1. The molecule has 0 radical (unpaired) electrons. The van der Waals surface area contributed by atoms with E-state index in [2.05, 4.69) is 10.6 Å². The van der Waals surface area contributed by atoms with Crippen LogP contribution < -0.4 is 20.3 Å². The summed E-state index contributed by atoms with van der Waals surface area (Å²) in [5.74, 6) is -0.827. The highest BCUT2D eigenvalue weighted by Crippen LogP contribution is 2.22. The lowest BCUT2D eigenvalue weighted by Gasteiger charge is -2.10. The number of methoxy groups -OCH3 is 1. The number of amides is 2. The molecule has 0 unspecified atom stereocenters. The van der Waals surface area contributed by atoms with Crippen molar-refractivity contribution in [1.29, 1.82) is 0 Å². The third kappa shape index (κ3) is 4.97. The number of carbonyl (C=O) groups is 2. The van der Waals surface area contributed by atoms with Crippen molar-refractivity contribution in [2.75, 3.05) is 39.6 Å². The number of quaternary nitrogens is 1. The summed E-state index contributed by atoms with van der Waals surface area (Å²) < 4.78 is 5.09. The van der Waals surface area contributed by atoms with Gasteiger partial charge in [0.2, 0.25) is 0 Å². The number of rotatable bonds is 5. The summed E-state index contributed by atoms with van der Waals surface area (Å²) in [4.78, 5) is 24.4. The smallest absolute Gasteiger partial charge is 0.313 e. The third-order valence-corrected chi connectivity index (χ3v) is 2.47. The van der Waals surface area contributed by atoms with Crippen LogP contribution in [0.15, 0.2) is 24.3 Å². The standard InChI is InChI=1S/C13H19N3O3/c1-16(2)9-8-14-12(17)13(18)15-10-6-4-5-7-11(10)19-3/h4-7H,8-9H2,1-3H3,(H,14,17)(H,15,18)/p+1. The first kappa shape index (κ1) is 15.0. The molecule has 0 atom stereocenters. The number of likely N-dealkylation sites (N-methyl/N-ethyl adjacent to an activating group) is 1. The monoisotopic (exact) mass is 266 g/mol. The summed E-state index contributed by atoms with van der Waals surface area (Å²) in [7, 11) is 5.45. The maximum atomic E-state index is 11.7. The minimum Gasteiger partial charge on any atom is -0.495 e. The van der Waals surface area contributed by atoms with E-state index in [0.717, 1.165) is 6.54 Å². The van der Waals surface area contributed by atoms with Crippen LogP contribution in [0.4, 0.5) is 5.69 Å². The summed E-state index contributed by atoms with van der Waals surface area (Å²) in [5, 5.41) is 5.08. The van der Waals surface area contributed by atoms with Crippen molar-refractivity contribution in [3.05, 3.63) is 24.3 Å². The maximum Gasteiger partial charge on any atom is 0.313 e. The molecule has 0 aliphatic carbocycles. The van der Waals surface area contributed by atoms with Crippen LogP contribution in [0.2, 0.25) is 0 Å². The number of hydrogen-bond acceptors (Lipinski definition) is 3. The van der Waals surface area contributed by atoms with Crippen LogP contribution in [0.1, 0.15) is 0 Å². The molecule has 1 rings (SSSR count). The van der Waals surface area contributed by atoms with Crippen LogP contribution in [-0.2, 0) is 9.59 Å². The van der Waals surface area contributed by atoms with Gasteiger partial charge < -0.3 is 20.3 Å². The van der Waals surface area contributed by atoms with E-state index in [0.29, 0.717) is 18.0 Å². The zero-order valence-corrected chi connectivity index (χ0v) is 11.4. The van der Waals surface area contributed by atoms with Gasteiger partial charge in [-0.05, 0) is 12.1 Å². The molecule has 0 bridgehead atoms. The normalized spacial score (nSPS) is 10.1. The number of hydrogen-bond donors (Lipinski definition) is 3. The zero-order valence-electron chi connectivity index (χ0n) is 11.4. The highest BCUT2D eigenvalue weighted by Gasteiger charge is 2.15. The fourth-order valence-corrected chi connectivity index (χ4v) is 1.43. The van der Waals surface area contributed by atoms with Crippen molar-refractivity contribution in [1.82, 2.24) is 5.32 Å². The van der Waals surface area contributed by atoms with Crippen molar-refractivity contribution in [2.45, 2.75) is 0 Å². The Kier molecular flexibility index (Phi) is 5.81. The van der Waals surface area contributed by atoms with E-state index in [1.165, 1.54) is 12.0 Å². The fraction of sp³-hybridized carbons (Fsp3) is 0.385. The Morgan fingerprint density at radius 1 is 1.21 bits per heavy atom. The molecule has 0 saturated carbocycles. The number of ether oxygens (including phenoxy) is 1. The number of benzene rings is 1. The number of para-hydroxylation sites is 2. The Hall–Kier alpha value is -2.08. The second kappa shape index (κ2) is 7.38. The van der Waals surface area contributed by atoms with Gasteiger partial charge in [0.05, 0.1) is 40.0 Å². The van der Waals surface area contributed by atoms with Gasteiger partial charge in [0, 0.05) is 0 Å². The van der Waals surface area contributed by atoms with Gasteiger partial charge in [-0.25, -0.2) is 0 Å². The predicted molar refractivity (Wildman–Crippen MR) is 72.3 cm³/mol. The summed E-state index contributed by atoms with van der Waals surface area (Å²) in [5.41, 5.74) is 0.475. The summed E-state index contributed by atoms with van der Waals surface area (Å²) in [6.45, 7) is 1.22. The molecule has 0 aromatic heterocycles. The van der Waals surface area contributed by atoms with Crippen molar-refractivity contribution < 1.29 is 19.2 Å². The summed E-state index contributed by atoms with van der Waals surface area (Å²) >= 11 is 0. The van der Waals surface area contributed by atoms with Crippen LogP contribution in [0.25, 0.3) is 0 Å². The molecule has 0 fully saturated rings. The zero-order chi connectivity index (χ0) is 14.3. The molecule has 1 aromatic carbocycles. The van der Waals surface area contributed by atoms with E-state index >= 15 is 0 Å². The second-order valence-corrected chi connectivity index (χ2v) is 4.37. The van der Waals surface area contributed by atoms with E-state index < -0.39 is 11.8 Å². The second-order valence-electron chi connectivity index (χ2n) is 4.37. The Morgan fingerprint density at radius 2 is 1.89 bits per heavy atom. The lowest BCUT2D eigenvalue weighted by Crippen LogP contribution is -3.06. The molecular weight excluding hydrogens is 246 g/mol. The number of nitrogens with one attached hydrogen (secondary N) is 3. The average Bonchev–Trinajstić information content (AvgIpc) is 2.38. The van der Waals surface area contributed by atoms with E-state index in [-0.39, 0.29) is 0 Å². The molecule has 6 nitrogen and oxygen atoms in total. The minimum atomic E-state index is -0.696. The van der Waals surface area contributed by atoms with Crippen LogP contribution in [0, 0.1) is 0 Å². The van der Waals surface area contributed by atoms with Crippen molar-refractivity contribution in [3.8, 4) is 5.75 Å². The van der Waals surface area contributed by atoms with E-state index in [4.69, 9.17) is 4.74 Å². The first-order valence-electron chi connectivity index (χ1n) is 6.06. The molecule has 19 heavy (non-hydrogen) atoms. The first-order chi connectivity index (χ1) is 9.04. The molecule has 0 spiro atoms. The molecule has 2 amide bonds. The molecule has 0 saturated heterocycles. The Morgan fingerprint density at radius 3 is 2.53 bits per heavy atom. The van der Waals surface area contributed by atoms with Gasteiger partial charge in [0.25, 0.3) is 0 Å². The molecule has 0 aliphatic rings. The molecule has 3 N–H and O–H groups in total. The fourth-order valence-electron chi connectivity index (χ4n) is 1.43.